The van der Waals surface area contributed by atoms with Crippen molar-refractivity contribution in [2.24, 2.45) is 0 Å². The number of carbonyl (C=O) groups is 1. The van der Waals surface area contributed by atoms with E-state index in [9.17, 15) is 18.0 Å². The molecule has 0 saturated heterocycles. The maximum absolute atomic E-state index is 13.7. The maximum atomic E-state index is 13.7. The number of carbonyl (C=O) groups excluding carboxylic acids is 1. The van der Waals surface area contributed by atoms with E-state index in [0.717, 1.165) is 23.0 Å². The largest absolute Gasteiger partial charge is 0.497 e. The van der Waals surface area contributed by atoms with Crippen LogP contribution in [-0.4, -0.2) is 27.6 Å². The Balaban J connectivity index is 1.62. The predicted molar refractivity (Wildman–Crippen MR) is 119 cm³/mol. The number of pyridine rings is 1. The van der Waals surface area contributed by atoms with E-state index >= 15 is 0 Å². The first-order valence-corrected chi connectivity index (χ1v) is 10.3. The zero-order valence-electron chi connectivity index (χ0n) is 18.0. The molecule has 2 aromatic heterocycles. The van der Waals surface area contributed by atoms with E-state index in [2.05, 4.69) is 22.2 Å². The molecule has 0 spiro atoms. The fourth-order valence-corrected chi connectivity index (χ4v) is 3.53. The number of amides is 1. The van der Waals surface area contributed by atoms with Crippen molar-refractivity contribution in [1.82, 2.24) is 14.5 Å². The lowest BCUT2D eigenvalue weighted by molar-refractivity contribution is -0.145. The number of halogens is 3. The Morgan fingerprint density at radius 3 is 2.45 bits per heavy atom. The van der Waals surface area contributed by atoms with Crippen LogP contribution in [0.1, 0.15) is 35.1 Å². The number of hydrogen-bond acceptors (Lipinski definition) is 4. The predicted octanol–water partition coefficient (Wildman–Crippen LogP) is 5.65. The number of ether oxygens (including phenoxy) is 1. The molecule has 4 rings (SSSR count). The number of benzene rings is 2. The second kappa shape index (κ2) is 8.93. The Morgan fingerprint density at radius 2 is 1.85 bits per heavy atom. The number of aryl methyl sites for hydroxylation is 1. The van der Waals surface area contributed by atoms with Gasteiger partial charge in [0.2, 0.25) is 5.82 Å². The molecule has 0 radical (unpaired) electrons. The summed E-state index contributed by atoms with van der Waals surface area (Å²) >= 11 is 0. The molecule has 0 atom stereocenters. The van der Waals surface area contributed by atoms with Gasteiger partial charge in [-0.1, -0.05) is 25.5 Å². The van der Waals surface area contributed by atoms with Crippen molar-refractivity contribution in [2.75, 3.05) is 12.4 Å². The molecule has 0 unspecified atom stereocenters. The summed E-state index contributed by atoms with van der Waals surface area (Å²) in [5.41, 5.74) is 2.17. The third kappa shape index (κ3) is 4.67. The van der Waals surface area contributed by atoms with Crippen LogP contribution >= 0.6 is 0 Å². The minimum Gasteiger partial charge on any atom is -0.497 e. The van der Waals surface area contributed by atoms with E-state index in [0.29, 0.717) is 11.3 Å². The second-order valence-corrected chi connectivity index (χ2v) is 7.43. The number of hydrogen-bond donors (Lipinski definition) is 1. The SMILES string of the molecule is CCCc1ccc(C(=O)Nc2ccc(-n3c(C(F)(F)F)nc4cc(OC)ccc43)cn2)cc1. The highest BCUT2D eigenvalue weighted by Crippen LogP contribution is 2.34. The molecule has 33 heavy (non-hydrogen) atoms. The van der Waals surface area contributed by atoms with Crippen LogP contribution in [0.25, 0.3) is 16.7 Å². The highest BCUT2D eigenvalue weighted by atomic mass is 19.4. The Labute approximate surface area is 188 Å². The first-order chi connectivity index (χ1) is 15.8. The molecule has 1 N–H and O–H groups in total. The molecule has 6 nitrogen and oxygen atoms in total. The van der Waals surface area contributed by atoms with Crippen molar-refractivity contribution < 1.29 is 22.7 Å². The van der Waals surface area contributed by atoms with Crippen LogP contribution in [-0.2, 0) is 12.6 Å². The van der Waals surface area contributed by atoms with E-state index in [1.807, 2.05) is 12.1 Å². The molecule has 0 aliphatic heterocycles. The number of methoxy groups -OCH3 is 1. The van der Waals surface area contributed by atoms with Crippen LogP contribution in [0.2, 0.25) is 0 Å². The summed E-state index contributed by atoms with van der Waals surface area (Å²) in [6, 6.07) is 14.7. The number of fused-ring (bicyclic) bond motifs is 1. The molecule has 2 aromatic carbocycles. The zero-order chi connectivity index (χ0) is 23.6. The maximum Gasteiger partial charge on any atom is 0.450 e. The highest BCUT2D eigenvalue weighted by Gasteiger charge is 2.38. The summed E-state index contributed by atoms with van der Waals surface area (Å²) in [7, 11) is 1.43. The molecule has 0 aliphatic rings. The van der Waals surface area contributed by atoms with Gasteiger partial charge in [0, 0.05) is 11.6 Å². The van der Waals surface area contributed by atoms with Gasteiger partial charge in [0.1, 0.15) is 11.6 Å². The van der Waals surface area contributed by atoms with Crippen molar-refractivity contribution in [1.29, 1.82) is 0 Å². The summed E-state index contributed by atoms with van der Waals surface area (Å²) in [5, 5.41) is 2.67. The molecule has 2 heterocycles. The first-order valence-electron chi connectivity index (χ1n) is 10.3. The van der Waals surface area contributed by atoms with Gasteiger partial charge >= 0.3 is 6.18 Å². The molecule has 0 fully saturated rings. The molecule has 9 heteroatoms. The minimum atomic E-state index is -4.68. The van der Waals surface area contributed by atoms with Gasteiger partial charge in [-0.2, -0.15) is 13.2 Å². The molecule has 0 saturated carbocycles. The van der Waals surface area contributed by atoms with E-state index in [4.69, 9.17) is 4.74 Å². The van der Waals surface area contributed by atoms with Gasteiger partial charge in [-0.05, 0) is 48.4 Å². The quantitative estimate of drug-likeness (QED) is 0.409. The lowest BCUT2D eigenvalue weighted by atomic mass is 10.1. The smallest absolute Gasteiger partial charge is 0.450 e. The van der Waals surface area contributed by atoms with Crippen LogP contribution in [0.3, 0.4) is 0 Å². The van der Waals surface area contributed by atoms with Crippen LogP contribution < -0.4 is 10.1 Å². The van der Waals surface area contributed by atoms with E-state index in [-0.39, 0.29) is 28.4 Å². The van der Waals surface area contributed by atoms with Gasteiger partial charge in [-0.3, -0.25) is 9.36 Å². The summed E-state index contributed by atoms with van der Waals surface area (Å²) < 4.78 is 47.1. The topological polar surface area (TPSA) is 69.0 Å². The summed E-state index contributed by atoms with van der Waals surface area (Å²) in [5.74, 6) is -0.799. The number of rotatable bonds is 6. The van der Waals surface area contributed by atoms with Crippen molar-refractivity contribution in [3.63, 3.8) is 0 Å². The minimum absolute atomic E-state index is 0.144. The molecule has 4 aromatic rings. The first kappa shape index (κ1) is 22.3. The van der Waals surface area contributed by atoms with Crippen molar-refractivity contribution in [2.45, 2.75) is 25.9 Å². The van der Waals surface area contributed by atoms with E-state index < -0.39 is 12.0 Å². The van der Waals surface area contributed by atoms with Gasteiger partial charge in [0.15, 0.2) is 0 Å². The van der Waals surface area contributed by atoms with Crippen molar-refractivity contribution in [3.8, 4) is 11.4 Å². The second-order valence-electron chi connectivity index (χ2n) is 7.43. The number of imidazole rings is 1. The summed E-state index contributed by atoms with van der Waals surface area (Å²) in [6.07, 6.45) is -1.47. The van der Waals surface area contributed by atoms with Gasteiger partial charge < -0.3 is 10.1 Å². The highest BCUT2D eigenvalue weighted by molar-refractivity contribution is 6.03. The van der Waals surface area contributed by atoms with E-state index in [1.54, 1.807) is 18.2 Å². The standard InChI is InChI=1S/C24H21F3N4O2/c1-3-4-15-5-7-16(8-6-15)22(32)30-21-12-9-17(14-28-21)31-20-11-10-18(33-2)13-19(20)29-23(31)24(25,26)27/h5-14H,3-4H2,1-2H3,(H,28,30,32). The van der Waals surface area contributed by atoms with Gasteiger partial charge in [0.25, 0.3) is 5.91 Å². The summed E-state index contributed by atoms with van der Waals surface area (Å²) in [4.78, 5) is 20.4. The fourth-order valence-electron chi connectivity index (χ4n) is 3.53. The number of nitrogens with zero attached hydrogens (tertiary/aromatic N) is 3. The van der Waals surface area contributed by atoms with E-state index in [1.165, 1.54) is 37.6 Å². The Kier molecular flexibility index (Phi) is 6.04. The number of alkyl halides is 3. The molecule has 170 valence electrons. The van der Waals surface area contributed by atoms with Crippen LogP contribution in [0.15, 0.2) is 60.8 Å². The monoisotopic (exact) mass is 454 g/mol. The van der Waals surface area contributed by atoms with Crippen LogP contribution in [0, 0.1) is 0 Å². The Hall–Kier alpha value is -3.88. The normalized spacial score (nSPS) is 11.5. The average Bonchev–Trinajstić information content (AvgIpc) is 3.19. The molecular weight excluding hydrogens is 433 g/mol. The van der Waals surface area contributed by atoms with Gasteiger partial charge in [-0.25, -0.2) is 9.97 Å². The number of nitrogens with one attached hydrogen (secondary N) is 1. The average molecular weight is 454 g/mol. The lowest BCUT2D eigenvalue weighted by Crippen LogP contribution is -2.15. The molecule has 1 amide bonds. The number of anilines is 1. The zero-order valence-corrected chi connectivity index (χ0v) is 18.0. The summed E-state index contributed by atoms with van der Waals surface area (Å²) in [6.45, 7) is 2.08. The number of aromatic nitrogens is 3. The molecule has 0 aliphatic carbocycles. The van der Waals surface area contributed by atoms with Crippen LogP contribution in [0.4, 0.5) is 19.0 Å². The fraction of sp³-hybridized carbons (Fsp3) is 0.208. The molecular formula is C24H21F3N4O2. The third-order valence-corrected chi connectivity index (χ3v) is 5.12. The van der Waals surface area contributed by atoms with Crippen molar-refractivity contribution >= 4 is 22.8 Å². The van der Waals surface area contributed by atoms with Crippen LogP contribution in [0.5, 0.6) is 5.75 Å². The van der Waals surface area contributed by atoms with Crippen molar-refractivity contribution in [3.05, 3.63) is 77.7 Å². The Morgan fingerprint density at radius 1 is 1.09 bits per heavy atom. The van der Waals surface area contributed by atoms with Gasteiger partial charge in [-0.15, -0.1) is 0 Å². The molecule has 0 bridgehead atoms. The third-order valence-electron chi connectivity index (χ3n) is 5.12. The van der Waals surface area contributed by atoms with Gasteiger partial charge in [0.05, 0.1) is 30.0 Å². The lowest BCUT2D eigenvalue weighted by Gasteiger charge is -2.12. The Bertz CT molecular complexity index is 1280.